The number of anilines is 1. The number of carboxylic acid groups (broad SMARTS) is 1. The van der Waals surface area contributed by atoms with Gasteiger partial charge in [-0.1, -0.05) is 24.6 Å². The Labute approximate surface area is 94.5 Å². The lowest BCUT2D eigenvalue weighted by atomic mass is 9.69. The van der Waals surface area contributed by atoms with Crippen molar-refractivity contribution in [3.8, 4) is 0 Å². The molecule has 0 saturated heterocycles. The first-order valence-electron chi connectivity index (χ1n) is 5.85. The zero-order valence-corrected chi connectivity index (χ0v) is 9.02. The van der Waals surface area contributed by atoms with Gasteiger partial charge in [0, 0.05) is 17.6 Å². The molecular weight excluding hydrogens is 202 g/mol. The molecule has 1 heterocycles. The molecule has 0 spiro atoms. The summed E-state index contributed by atoms with van der Waals surface area (Å²) in [7, 11) is 0. The molecule has 1 aromatic rings. The molecule has 0 amide bonds. The van der Waals surface area contributed by atoms with E-state index in [-0.39, 0.29) is 17.9 Å². The molecule has 2 aliphatic rings. The lowest BCUT2D eigenvalue weighted by molar-refractivity contribution is -0.144. The molecule has 1 unspecified atom stereocenters. The highest BCUT2D eigenvalue weighted by Crippen LogP contribution is 2.45. The Morgan fingerprint density at radius 1 is 1.31 bits per heavy atom. The van der Waals surface area contributed by atoms with Crippen LogP contribution in [0.25, 0.3) is 0 Å². The van der Waals surface area contributed by atoms with Crippen molar-refractivity contribution < 1.29 is 9.90 Å². The van der Waals surface area contributed by atoms with E-state index in [9.17, 15) is 9.90 Å². The smallest absolute Gasteiger partial charge is 0.309 e. The summed E-state index contributed by atoms with van der Waals surface area (Å²) < 4.78 is 0. The molecule has 84 valence electrons. The average molecular weight is 217 g/mol. The molecule has 1 saturated carbocycles. The van der Waals surface area contributed by atoms with E-state index < -0.39 is 5.97 Å². The SMILES string of the molecule is O=C(O)C1[C@@H]2CCC[C@H]1c1ccccc1N2. The Morgan fingerprint density at radius 3 is 2.94 bits per heavy atom. The van der Waals surface area contributed by atoms with Crippen LogP contribution in [0.2, 0.25) is 0 Å². The van der Waals surface area contributed by atoms with Crippen molar-refractivity contribution in [2.75, 3.05) is 5.32 Å². The van der Waals surface area contributed by atoms with Gasteiger partial charge >= 0.3 is 5.97 Å². The first-order chi connectivity index (χ1) is 7.77. The third-order valence-corrected chi connectivity index (χ3v) is 3.88. The minimum Gasteiger partial charge on any atom is -0.481 e. The van der Waals surface area contributed by atoms with E-state index in [0.717, 1.165) is 24.9 Å². The van der Waals surface area contributed by atoms with Gasteiger partial charge in [-0.15, -0.1) is 0 Å². The van der Waals surface area contributed by atoms with Crippen LogP contribution in [0.15, 0.2) is 24.3 Å². The molecule has 3 rings (SSSR count). The first-order valence-corrected chi connectivity index (χ1v) is 5.85. The Kier molecular flexibility index (Phi) is 2.13. The fraction of sp³-hybridized carbons (Fsp3) is 0.462. The van der Waals surface area contributed by atoms with E-state index in [1.807, 2.05) is 12.1 Å². The van der Waals surface area contributed by atoms with Crippen LogP contribution in [-0.4, -0.2) is 17.1 Å². The summed E-state index contributed by atoms with van der Waals surface area (Å²) in [5, 5.41) is 12.7. The van der Waals surface area contributed by atoms with E-state index in [0.29, 0.717) is 0 Å². The van der Waals surface area contributed by atoms with Gasteiger partial charge < -0.3 is 10.4 Å². The largest absolute Gasteiger partial charge is 0.481 e. The second-order valence-electron chi connectivity index (χ2n) is 4.74. The number of carbonyl (C=O) groups is 1. The summed E-state index contributed by atoms with van der Waals surface area (Å²) in [6.45, 7) is 0. The average Bonchev–Trinajstić information content (AvgIpc) is 2.28. The molecule has 3 atom stereocenters. The summed E-state index contributed by atoms with van der Waals surface area (Å²) in [5.41, 5.74) is 2.32. The number of aliphatic carboxylic acids is 1. The highest BCUT2D eigenvalue weighted by molar-refractivity contribution is 5.76. The fourth-order valence-corrected chi connectivity index (χ4v) is 3.20. The van der Waals surface area contributed by atoms with Crippen molar-refractivity contribution >= 4 is 11.7 Å². The highest BCUT2D eigenvalue weighted by Gasteiger charge is 2.43. The zero-order valence-electron chi connectivity index (χ0n) is 9.02. The van der Waals surface area contributed by atoms with Gasteiger partial charge in [0.05, 0.1) is 5.92 Å². The van der Waals surface area contributed by atoms with Crippen LogP contribution in [0.4, 0.5) is 5.69 Å². The molecule has 1 aromatic carbocycles. The number of rotatable bonds is 1. The Bertz CT molecular complexity index is 430. The summed E-state index contributed by atoms with van der Waals surface area (Å²) in [5.74, 6) is -0.700. The molecule has 0 aromatic heterocycles. The van der Waals surface area contributed by atoms with Crippen LogP contribution >= 0.6 is 0 Å². The molecule has 16 heavy (non-hydrogen) atoms. The van der Waals surface area contributed by atoms with Crippen molar-refractivity contribution in [3.05, 3.63) is 29.8 Å². The van der Waals surface area contributed by atoms with Crippen LogP contribution in [-0.2, 0) is 4.79 Å². The number of carboxylic acids is 1. The zero-order chi connectivity index (χ0) is 11.1. The van der Waals surface area contributed by atoms with Crippen molar-refractivity contribution in [3.63, 3.8) is 0 Å². The lowest BCUT2D eigenvalue weighted by Gasteiger charge is -2.42. The predicted octanol–water partition coefficient (Wildman–Crippen LogP) is 2.45. The van der Waals surface area contributed by atoms with Gasteiger partial charge in [0.25, 0.3) is 0 Å². The molecule has 3 nitrogen and oxygen atoms in total. The molecule has 1 aliphatic heterocycles. The predicted molar refractivity (Wildman–Crippen MR) is 61.6 cm³/mol. The minimum absolute atomic E-state index is 0.117. The van der Waals surface area contributed by atoms with Crippen LogP contribution in [0, 0.1) is 5.92 Å². The quantitative estimate of drug-likeness (QED) is 0.759. The molecule has 1 aliphatic carbocycles. The minimum atomic E-state index is -0.656. The summed E-state index contributed by atoms with van der Waals surface area (Å²) in [4.78, 5) is 11.3. The van der Waals surface area contributed by atoms with Gasteiger partial charge in [0.2, 0.25) is 0 Å². The van der Waals surface area contributed by atoms with E-state index in [2.05, 4.69) is 17.4 Å². The highest BCUT2D eigenvalue weighted by atomic mass is 16.4. The number of fused-ring (bicyclic) bond motifs is 4. The third-order valence-electron chi connectivity index (χ3n) is 3.88. The molecule has 1 fully saturated rings. The van der Waals surface area contributed by atoms with Gasteiger partial charge in [-0.3, -0.25) is 4.79 Å². The van der Waals surface area contributed by atoms with Crippen molar-refractivity contribution in [2.45, 2.75) is 31.2 Å². The van der Waals surface area contributed by atoms with Crippen LogP contribution in [0.1, 0.15) is 30.7 Å². The van der Waals surface area contributed by atoms with Crippen molar-refractivity contribution in [2.24, 2.45) is 5.92 Å². The molecule has 2 N–H and O–H groups in total. The van der Waals surface area contributed by atoms with E-state index in [1.165, 1.54) is 5.56 Å². The summed E-state index contributed by atoms with van der Waals surface area (Å²) >= 11 is 0. The Morgan fingerprint density at radius 2 is 2.12 bits per heavy atom. The van der Waals surface area contributed by atoms with Gasteiger partial charge in [-0.2, -0.15) is 0 Å². The maximum Gasteiger partial charge on any atom is 0.309 e. The molecule has 0 radical (unpaired) electrons. The third kappa shape index (κ3) is 1.31. The summed E-state index contributed by atoms with van der Waals surface area (Å²) in [6, 6.07) is 8.23. The van der Waals surface area contributed by atoms with E-state index in [1.54, 1.807) is 0 Å². The molecule has 2 bridgehead atoms. The Balaban J connectivity index is 2.07. The second kappa shape index (κ2) is 3.51. The molecular formula is C13H15NO2. The normalized spacial score (nSPS) is 31.4. The standard InChI is InChI=1S/C13H15NO2/c15-13(16)12-9-5-3-7-11(12)14-10-6-2-1-4-8(9)10/h1-2,4,6,9,11-12,14H,3,5,7H2,(H,15,16)/t9-,11-,12?/m0/s1. The van der Waals surface area contributed by atoms with Crippen molar-refractivity contribution in [1.82, 2.24) is 0 Å². The lowest BCUT2D eigenvalue weighted by Crippen LogP contribution is -2.45. The number of para-hydroxylation sites is 1. The Hall–Kier alpha value is -1.51. The molecule has 3 heteroatoms. The van der Waals surface area contributed by atoms with Crippen molar-refractivity contribution in [1.29, 1.82) is 0 Å². The fourth-order valence-electron chi connectivity index (χ4n) is 3.20. The number of benzene rings is 1. The van der Waals surface area contributed by atoms with Gasteiger partial charge in [0.15, 0.2) is 0 Å². The van der Waals surface area contributed by atoms with Crippen LogP contribution in [0.3, 0.4) is 0 Å². The van der Waals surface area contributed by atoms with Crippen LogP contribution in [0.5, 0.6) is 0 Å². The van der Waals surface area contributed by atoms with Gasteiger partial charge in [-0.05, 0) is 24.5 Å². The van der Waals surface area contributed by atoms with E-state index in [4.69, 9.17) is 0 Å². The second-order valence-corrected chi connectivity index (χ2v) is 4.74. The number of hydrogen-bond acceptors (Lipinski definition) is 2. The van der Waals surface area contributed by atoms with Gasteiger partial charge in [0.1, 0.15) is 0 Å². The monoisotopic (exact) mass is 217 g/mol. The topological polar surface area (TPSA) is 49.3 Å². The number of nitrogens with one attached hydrogen (secondary N) is 1. The first kappa shape index (κ1) is 9.70. The maximum absolute atomic E-state index is 11.3. The summed E-state index contributed by atoms with van der Waals surface area (Å²) in [6.07, 6.45) is 3.11. The number of hydrogen-bond donors (Lipinski definition) is 2. The van der Waals surface area contributed by atoms with E-state index >= 15 is 0 Å². The van der Waals surface area contributed by atoms with Gasteiger partial charge in [-0.25, -0.2) is 0 Å². The maximum atomic E-state index is 11.3. The van der Waals surface area contributed by atoms with Crippen LogP contribution < -0.4 is 5.32 Å².